The number of nitrogens with zero attached hydrogens (tertiary/aromatic N) is 4. The van der Waals surface area contributed by atoms with E-state index in [-0.39, 0.29) is 0 Å². The molecule has 1 aromatic carbocycles. The molecule has 2 N–H and O–H groups in total. The SMILES string of the molecule is O=C(NCC(F)(F)F)Nc1cccc(-c2cnc3cc(-c4ncno4)ccn23)c1. The molecule has 0 radical (unpaired) electrons. The number of hydrogen-bond donors (Lipinski definition) is 2. The average Bonchev–Trinajstić information content (AvgIpc) is 3.35. The lowest BCUT2D eigenvalue weighted by Gasteiger charge is -2.10. The maximum atomic E-state index is 12.2. The van der Waals surface area contributed by atoms with Crippen LogP contribution >= 0.6 is 0 Å². The van der Waals surface area contributed by atoms with Gasteiger partial charge >= 0.3 is 12.2 Å². The number of carbonyl (C=O) groups is 1. The number of pyridine rings is 1. The first-order valence-electron chi connectivity index (χ1n) is 8.35. The van der Waals surface area contributed by atoms with Crippen LogP contribution in [0.3, 0.4) is 0 Å². The Balaban J connectivity index is 1.56. The van der Waals surface area contributed by atoms with Crippen LogP contribution in [0, 0.1) is 0 Å². The highest BCUT2D eigenvalue weighted by atomic mass is 19.4. The van der Waals surface area contributed by atoms with Crippen molar-refractivity contribution in [1.82, 2.24) is 24.8 Å². The maximum absolute atomic E-state index is 12.2. The minimum absolute atomic E-state index is 0.347. The van der Waals surface area contributed by atoms with Crippen molar-refractivity contribution in [2.24, 2.45) is 0 Å². The molecule has 0 aliphatic heterocycles. The molecule has 4 rings (SSSR count). The van der Waals surface area contributed by atoms with Crippen molar-refractivity contribution >= 4 is 17.4 Å². The Hall–Kier alpha value is -3.89. The highest BCUT2D eigenvalue weighted by Gasteiger charge is 2.27. The molecule has 29 heavy (non-hydrogen) atoms. The van der Waals surface area contributed by atoms with E-state index in [0.717, 1.165) is 11.3 Å². The molecule has 3 heterocycles. The third kappa shape index (κ3) is 4.18. The van der Waals surface area contributed by atoms with Crippen LogP contribution in [-0.4, -0.2) is 38.3 Å². The van der Waals surface area contributed by atoms with E-state index in [1.165, 1.54) is 6.33 Å². The highest BCUT2D eigenvalue weighted by molar-refractivity contribution is 5.90. The fraction of sp³-hybridized carbons (Fsp3) is 0.111. The molecular weight excluding hydrogens is 389 g/mol. The van der Waals surface area contributed by atoms with Gasteiger partial charge in [0.15, 0.2) is 6.33 Å². The molecule has 0 unspecified atom stereocenters. The summed E-state index contributed by atoms with van der Waals surface area (Å²) in [5.74, 6) is 0.369. The number of aromatic nitrogens is 4. The smallest absolute Gasteiger partial charge is 0.334 e. The second-order valence-electron chi connectivity index (χ2n) is 6.04. The maximum Gasteiger partial charge on any atom is 0.405 e. The van der Waals surface area contributed by atoms with Crippen LogP contribution < -0.4 is 10.6 Å². The number of rotatable bonds is 4. The molecule has 0 aliphatic carbocycles. The first-order valence-corrected chi connectivity index (χ1v) is 8.35. The molecule has 0 saturated heterocycles. The zero-order valence-electron chi connectivity index (χ0n) is 14.6. The molecule has 0 spiro atoms. The summed E-state index contributed by atoms with van der Waals surface area (Å²) >= 11 is 0. The van der Waals surface area contributed by atoms with E-state index in [0.29, 0.717) is 22.8 Å². The molecule has 0 aliphatic rings. The molecule has 0 saturated carbocycles. The molecular formula is C18H13F3N6O2. The number of carbonyl (C=O) groups excluding carboxylic acids is 1. The lowest BCUT2D eigenvalue weighted by molar-refractivity contribution is -0.122. The largest absolute Gasteiger partial charge is 0.405 e. The number of alkyl halides is 3. The molecule has 11 heteroatoms. The summed E-state index contributed by atoms with van der Waals surface area (Å²) < 4.78 is 43.5. The standard InChI is InChI=1S/C18H13F3N6O2/c19-18(20,21)9-23-17(28)26-13-3-1-2-11(6-13)14-8-22-15-7-12(4-5-27(14)15)16-24-10-25-29-16/h1-8,10H,9H2,(H2,23,26,28). The van der Waals surface area contributed by atoms with Crippen molar-refractivity contribution in [2.45, 2.75) is 6.18 Å². The summed E-state index contributed by atoms with van der Waals surface area (Å²) in [4.78, 5) is 20.0. The van der Waals surface area contributed by atoms with Crippen LogP contribution in [0.25, 0.3) is 28.4 Å². The number of halogens is 3. The van der Waals surface area contributed by atoms with E-state index in [1.54, 1.807) is 54.1 Å². The number of nitrogens with one attached hydrogen (secondary N) is 2. The molecule has 8 nitrogen and oxygen atoms in total. The quantitative estimate of drug-likeness (QED) is 0.542. The van der Waals surface area contributed by atoms with Gasteiger partial charge < -0.3 is 15.2 Å². The third-order valence-electron chi connectivity index (χ3n) is 3.99. The zero-order chi connectivity index (χ0) is 20.4. The fourth-order valence-corrected chi connectivity index (χ4v) is 2.74. The predicted molar refractivity (Wildman–Crippen MR) is 97.0 cm³/mol. The Morgan fingerprint density at radius 3 is 2.76 bits per heavy atom. The molecule has 3 aromatic heterocycles. The Morgan fingerprint density at radius 2 is 2.00 bits per heavy atom. The number of fused-ring (bicyclic) bond motifs is 1. The monoisotopic (exact) mass is 402 g/mol. The molecule has 4 aromatic rings. The minimum Gasteiger partial charge on any atom is -0.334 e. The Bertz CT molecular complexity index is 1150. The van der Waals surface area contributed by atoms with Crippen LogP contribution in [0.5, 0.6) is 0 Å². The Kier molecular flexibility index (Phi) is 4.63. The molecule has 0 atom stereocenters. The van der Waals surface area contributed by atoms with Crippen molar-refractivity contribution in [1.29, 1.82) is 0 Å². The van der Waals surface area contributed by atoms with Gasteiger partial charge in [-0.05, 0) is 24.3 Å². The number of urea groups is 1. The van der Waals surface area contributed by atoms with E-state index in [9.17, 15) is 18.0 Å². The Labute approximate surface area is 161 Å². The van der Waals surface area contributed by atoms with Gasteiger partial charge in [0.05, 0.1) is 11.9 Å². The number of benzene rings is 1. The predicted octanol–water partition coefficient (Wildman–Crippen LogP) is 3.74. The van der Waals surface area contributed by atoms with Crippen LogP contribution in [0.1, 0.15) is 0 Å². The lowest BCUT2D eigenvalue weighted by atomic mass is 10.1. The van der Waals surface area contributed by atoms with Gasteiger partial charge in [0, 0.05) is 23.0 Å². The molecule has 148 valence electrons. The summed E-state index contributed by atoms with van der Waals surface area (Å²) in [6.07, 6.45) is 0.263. The van der Waals surface area contributed by atoms with Crippen molar-refractivity contribution in [3.8, 4) is 22.7 Å². The van der Waals surface area contributed by atoms with Crippen molar-refractivity contribution in [3.63, 3.8) is 0 Å². The minimum atomic E-state index is -4.48. The Morgan fingerprint density at radius 1 is 1.14 bits per heavy atom. The molecule has 0 fully saturated rings. The zero-order valence-corrected chi connectivity index (χ0v) is 14.6. The number of anilines is 1. The third-order valence-corrected chi connectivity index (χ3v) is 3.99. The van der Waals surface area contributed by atoms with Gasteiger partial charge in [-0.15, -0.1) is 0 Å². The van der Waals surface area contributed by atoms with E-state index >= 15 is 0 Å². The number of imidazole rings is 1. The van der Waals surface area contributed by atoms with Gasteiger partial charge in [-0.1, -0.05) is 17.3 Å². The first-order chi connectivity index (χ1) is 13.9. The van der Waals surface area contributed by atoms with Gasteiger partial charge in [0.25, 0.3) is 5.89 Å². The lowest BCUT2D eigenvalue weighted by Crippen LogP contribution is -2.36. The summed E-state index contributed by atoms with van der Waals surface area (Å²) in [7, 11) is 0. The van der Waals surface area contributed by atoms with Crippen molar-refractivity contribution in [3.05, 3.63) is 55.1 Å². The van der Waals surface area contributed by atoms with Gasteiger partial charge in [0.2, 0.25) is 0 Å². The van der Waals surface area contributed by atoms with E-state index < -0.39 is 18.8 Å². The highest BCUT2D eigenvalue weighted by Crippen LogP contribution is 2.26. The average molecular weight is 402 g/mol. The van der Waals surface area contributed by atoms with Gasteiger partial charge in [-0.3, -0.25) is 4.40 Å². The van der Waals surface area contributed by atoms with E-state index in [1.807, 2.05) is 4.40 Å². The second kappa shape index (κ2) is 7.26. The number of hydrogen-bond acceptors (Lipinski definition) is 5. The van der Waals surface area contributed by atoms with Gasteiger partial charge in [-0.25, -0.2) is 9.78 Å². The van der Waals surface area contributed by atoms with Crippen molar-refractivity contribution in [2.75, 3.05) is 11.9 Å². The molecule has 2 amide bonds. The van der Waals surface area contributed by atoms with Gasteiger partial charge in [-0.2, -0.15) is 18.2 Å². The van der Waals surface area contributed by atoms with Crippen LogP contribution in [-0.2, 0) is 0 Å². The number of amides is 2. The first kappa shape index (κ1) is 18.5. The van der Waals surface area contributed by atoms with Crippen LogP contribution in [0.4, 0.5) is 23.7 Å². The van der Waals surface area contributed by atoms with Crippen molar-refractivity contribution < 1.29 is 22.5 Å². The molecule has 0 bridgehead atoms. The normalized spacial score (nSPS) is 11.6. The van der Waals surface area contributed by atoms with Crippen LogP contribution in [0.15, 0.2) is 59.6 Å². The van der Waals surface area contributed by atoms with E-state index in [2.05, 4.69) is 20.4 Å². The topological polar surface area (TPSA) is 97.3 Å². The summed E-state index contributed by atoms with van der Waals surface area (Å²) in [5, 5.41) is 7.72. The summed E-state index contributed by atoms with van der Waals surface area (Å²) in [6.45, 7) is -1.41. The summed E-state index contributed by atoms with van der Waals surface area (Å²) in [5.41, 5.74) is 3.15. The van der Waals surface area contributed by atoms with Crippen LogP contribution in [0.2, 0.25) is 0 Å². The second-order valence-corrected chi connectivity index (χ2v) is 6.04. The van der Waals surface area contributed by atoms with E-state index in [4.69, 9.17) is 4.52 Å². The summed E-state index contributed by atoms with van der Waals surface area (Å²) in [6, 6.07) is 9.33. The fourth-order valence-electron chi connectivity index (χ4n) is 2.74. The van der Waals surface area contributed by atoms with Gasteiger partial charge in [0.1, 0.15) is 12.2 Å².